The quantitative estimate of drug-likeness (QED) is 0.687. The van der Waals surface area contributed by atoms with Crippen molar-refractivity contribution in [2.24, 2.45) is 5.92 Å². The lowest BCUT2D eigenvalue weighted by Gasteiger charge is -2.15. The average Bonchev–Trinajstić information content (AvgIpc) is 3.31. The molecule has 0 N–H and O–H groups in total. The molecule has 1 aliphatic rings. The van der Waals surface area contributed by atoms with Crippen LogP contribution in [0.2, 0.25) is 0 Å². The van der Waals surface area contributed by atoms with Crippen LogP contribution in [-0.2, 0) is 9.53 Å². The topological polar surface area (TPSA) is 29.5 Å². The third kappa shape index (κ3) is 5.03. The SMILES string of the molecule is COC(=O)CC1CCN(CCC=C(c2ccccc2)c2cccs2)C1. The summed E-state index contributed by atoms with van der Waals surface area (Å²) in [6, 6.07) is 14.9. The standard InChI is InChI=1S/C21H25NO2S/c1-24-21(23)15-17-11-13-22(16-17)12-5-9-19(20-10-6-14-25-20)18-7-3-2-4-8-18/h2-4,6-10,14,17H,5,11-13,15-16H2,1H3. The number of carbonyl (C=O) groups is 1. The van der Waals surface area contributed by atoms with Crippen molar-refractivity contribution < 1.29 is 9.53 Å². The number of thiophene rings is 1. The summed E-state index contributed by atoms with van der Waals surface area (Å²) in [6.45, 7) is 3.12. The van der Waals surface area contributed by atoms with E-state index in [-0.39, 0.29) is 5.97 Å². The third-order valence-corrected chi connectivity index (χ3v) is 5.62. The van der Waals surface area contributed by atoms with Gasteiger partial charge in [0, 0.05) is 24.4 Å². The Hall–Kier alpha value is -1.91. The molecule has 0 saturated carbocycles. The van der Waals surface area contributed by atoms with Crippen LogP contribution in [0.15, 0.2) is 53.9 Å². The molecule has 132 valence electrons. The number of likely N-dealkylation sites (tertiary alicyclic amines) is 1. The van der Waals surface area contributed by atoms with Gasteiger partial charge in [-0.25, -0.2) is 0 Å². The summed E-state index contributed by atoms with van der Waals surface area (Å²) in [7, 11) is 1.47. The van der Waals surface area contributed by atoms with Gasteiger partial charge in [-0.2, -0.15) is 0 Å². The fourth-order valence-electron chi connectivity index (χ4n) is 3.40. The first kappa shape index (κ1) is 17.9. The molecule has 0 bridgehead atoms. The summed E-state index contributed by atoms with van der Waals surface area (Å²) >= 11 is 1.78. The minimum absolute atomic E-state index is 0.0872. The number of hydrogen-bond acceptors (Lipinski definition) is 4. The Morgan fingerprint density at radius 3 is 2.84 bits per heavy atom. The largest absolute Gasteiger partial charge is 0.469 e. The highest BCUT2D eigenvalue weighted by atomic mass is 32.1. The number of carbonyl (C=O) groups excluding carboxylic acids is 1. The fourth-order valence-corrected chi connectivity index (χ4v) is 4.19. The first-order valence-corrected chi connectivity index (χ1v) is 9.73. The monoisotopic (exact) mass is 355 g/mol. The van der Waals surface area contributed by atoms with Crippen LogP contribution in [0, 0.1) is 5.92 Å². The molecular weight excluding hydrogens is 330 g/mol. The Labute approximate surface area is 153 Å². The lowest BCUT2D eigenvalue weighted by atomic mass is 10.0. The Kier molecular flexibility index (Phi) is 6.42. The zero-order chi connectivity index (χ0) is 17.5. The number of ether oxygens (including phenoxy) is 1. The zero-order valence-corrected chi connectivity index (χ0v) is 15.5. The molecule has 1 aromatic heterocycles. The molecule has 1 aromatic carbocycles. The molecule has 2 aromatic rings. The van der Waals surface area contributed by atoms with Gasteiger partial charge in [0.25, 0.3) is 0 Å². The molecule has 0 amide bonds. The molecule has 1 atom stereocenters. The summed E-state index contributed by atoms with van der Waals surface area (Å²) in [6.07, 6.45) is 5.02. The Balaban J connectivity index is 1.59. The summed E-state index contributed by atoms with van der Waals surface area (Å²) in [5.41, 5.74) is 2.59. The number of nitrogens with zero attached hydrogens (tertiary/aromatic N) is 1. The second kappa shape index (κ2) is 8.97. The van der Waals surface area contributed by atoms with E-state index in [0.717, 1.165) is 32.5 Å². The van der Waals surface area contributed by atoms with Crippen LogP contribution in [0.3, 0.4) is 0 Å². The van der Waals surface area contributed by atoms with Crippen molar-refractivity contribution in [1.82, 2.24) is 4.90 Å². The van der Waals surface area contributed by atoms with Crippen molar-refractivity contribution in [3.63, 3.8) is 0 Å². The number of methoxy groups -OCH3 is 1. The molecule has 1 unspecified atom stereocenters. The highest BCUT2D eigenvalue weighted by Gasteiger charge is 2.24. The molecule has 1 aliphatic heterocycles. The highest BCUT2D eigenvalue weighted by molar-refractivity contribution is 7.11. The summed E-state index contributed by atoms with van der Waals surface area (Å²) in [5, 5.41) is 2.13. The Bertz CT molecular complexity index is 694. The minimum Gasteiger partial charge on any atom is -0.469 e. The van der Waals surface area contributed by atoms with E-state index in [9.17, 15) is 4.79 Å². The Morgan fingerprint density at radius 1 is 1.28 bits per heavy atom. The maximum atomic E-state index is 11.4. The van der Waals surface area contributed by atoms with Crippen molar-refractivity contribution in [1.29, 1.82) is 0 Å². The molecular formula is C21H25NO2S. The molecule has 25 heavy (non-hydrogen) atoms. The lowest BCUT2D eigenvalue weighted by Crippen LogP contribution is -2.22. The average molecular weight is 356 g/mol. The fraction of sp³-hybridized carbons (Fsp3) is 0.381. The van der Waals surface area contributed by atoms with Gasteiger partial charge in [0.15, 0.2) is 0 Å². The summed E-state index contributed by atoms with van der Waals surface area (Å²) in [4.78, 5) is 15.2. The van der Waals surface area contributed by atoms with E-state index in [1.807, 2.05) is 0 Å². The molecule has 4 heteroatoms. The van der Waals surface area contributed by atoms with E-state index in [4.69, 9.17) is 4.74 Å². The van der Waals surface area contributed by atoms with Gasteiger partial charge in [-0.3, -0.25) is 4.79 Å². The maximum absolute atomic E-state index is 11.4. The number of rotatable bonds is 7. The molecule has 3 rings (SSSR count). The first-order chi connectivity index (χ1) is 12.3. The van der Waals surface area contributed by atoms with Crippen molar-refractivity contribution in [2.45, 2.75) is 19.3 Å². The van der Waals surface area contributed by atoms with Crippen LogP contribution in [-0.4, -0.2) is 37.6 Å². The van der Waals surface area contributed by atoms with Crippen molar-refractivity contribution in [2.75, 3.05) is 26.7 Å². The lowest BCUT2D eigenvalue weighted by molar-refractivity contribution is -0.141. The van der Waals surface area contributed by atoms with Gasteiger partial charge in [0.1, 0.15) is 0 Å². The maximum Gasteiger partial charge on any atom is 0.305 e. The molecule has 1 saturated heterocycles. The van der Waals surface area contributed by atoms with Gasteiger partial charge in [0.05, 0.1) is 7.11 Å². The van der Waals surface area contributed by atoms with Gasteiger partial charge in [-0.15, -0.1) is 11.3 Å². The van der Waals surface area contributed by atoms with Gasteiger partial charge < -0.3 is 9.64 Å². The van der Waals surface area contributed by atoms with E-state index < -0.39 is 0 Å². The molecule has 1 fully saturated rings. The van der Waals surface area contributed by atoms with Crippen LogP contribution in [0.25, 0.3) is 5.57 Å². The zero-order valence-electron chi connectivity index (χ0n) is 14.7. The number of benzene rings is 1. The van der Waals surface area contributed by atoms with E-state index in [1.165, 1.54) is 23.1 Å². The van der Waals surface area contributed by atoms with E-state index in [2.05, 4.69) is 58.8 Å². The van der Waals surface area contributed by atoms with Gasteiger partial charge in [-0.1, -0.05) is 42.5 Å². The summed E-state index contributed by atoms with van der Waals surface area (Å²) < 4.78 is 4.78. The predicted octanol–water partition coefficient (Wildman–Crippen LogP) is 4.45. The molecule has 0 radical (unpaired) electrons. The van der Waals surface area contributed by atoms with Crippen molar-refractivity contribution >= 4 is 22.9 Å². The second-order valence-electron chi connectivity index (χ2n) is 6.49. The van der Waals surface area contributed by atoms with Crippen LogP contribution < -0.4 is 0 Å². The number of esters is 1. The van der Waals surface area contributed by atoms with E-state index >= 15 is 0 Å². The molecule has 0 aliphatic carbocycles. The van der Waals surface area contributed by atoms with Gasteiger partial charge >= 0.3 is 5.97 Å². The third-order valence-electron chi connectivity index (χ3n) is 4.72. The smallest absolute Gasteiger partial charge is 0.305 e. The molecule has 3 nitrogen and oxygen atoms in total. The molecule has 0 spiro atoms. The predicted molar refractivity (Wildman–Crippen MR) is 104 cm³/mol. The first-order valence-electron chi connectivity index (χ1n) is 8.85. The van der Waals surface area contributed by atoms with Crippen molar-refractivity contribution in [3.8, 4) is 0 Å². The van der Waals surface area contributed by atoms with Crippen LogP contribution in [0.1, 0.15) is 29.7 Å². The van der Waals surface area contributed by atoms with Gasteiger partial charge in [0.2, 0.25) is 0 Å². The minimum atomic E-state index is -0.0872. The summed E-state index contributed by atoms with van der Waals surface area (Å²) in [5.74, 6) is 0.359. The Morgan fingerprint density at radius 2 is 2.12 bits per heavy atom. The van der Waals surface area contributed by atoms with Gasteiger partial charge in [-0.05, 0) is 47.9 Å². The highest BCUT2D eigenvalue weighted by Crippen LogP contribution is 2.28. The normalized spacial score (nSPS) is 18.4. The van der Waals surface area contributed by atoms with E-state index in [1.54, 1.807) is 11.3 Å². The van der Waals surface area contributed by atoms with Crippen LogP contribution >= 0.6 is 11.3 Å². The van der Waals surface area contributed by atoms with Crippen molar-refractivity contribution in [3.05, 3.63) is 64.4 Å². The van der Waals surface area contributed by atoms with Crippen LogP contribution in [0.4, 0.5) is 0 Å². The van der Waals surface area contributed by atoms with Crippen LogP contribution in [0.5, 0.6) is 0 Å². The molecule has 2 heterocycles. The number of hydrogen-bond donors (Lipinski definition) is 0. The second-order valence-corrected chi connectivity index (χ2v) is 7.43. The van der Waals surface area contributed by atoms with E-state index in [0.29, 0.717) is 12.3 Å².